The summed E-state index contributed by atoms with van der Waals surface area (Å²) in [5.41, 5.74) is 1.39. The van der Waals surface area contributed by atoms with Crippen LogP contribution in [0.3, 0.4) is 0 Å². The van der Waals surface area contributed by atoms with Crippen LogP contribution in [0.2, 0.25) is 0 Å². The zero-order valence-electron chi connectivity index (χ0n) is 10.5. The molecule has 0 aromatic carbocycles. The first-order valence-electron chi connectivity index (χ1n) is 5.73. The van der Waals surface area contributed by atoms with Crippen LogP contribution in [0.1, 0.15) is 33.4 Å². The van der Waals surface area contributed by atoms with Gasteiger partial charge in [-0.1, -0.05) is 27.7 Å². The van der Waals surface area contributed by atoms with Crippen molar-refractivity contribution < 1.29 is 0 Å². The van der Waals surface area contributed by atoms with Crippen molar-refractivity contribution in [3.63, 3.8) is 0 Å². The topological polar surface area (TPSA) is 24.9 Å². The molecule has 0 aliphatic carbocycles. The number of nitrogens with one attached hydrogen (secondary N) is 1. The van der Waals surface area contributed by atoms with Crippen LogP contribution in [0.4, 0.5) is 0 Å². The van der Waals surface area contributed by atoms with Crippen molar-refractivity contribution in [3.8, 4) is 0 Å². The number of halogens is 1. The lowest BCUT2D eigenvalue weighted by molar-refractivity contribution is 0.323. The van der Waals surface area contributed by atoms with E-state index in [4.69, 9.17) is 0 Å². The molecular weight excluding hydrogens is 264 g/mol. The summed E-state index contributed by atoms with van der Waals surface area (Å²) in [6.45, 7) is 9.91. The van der Waals surface area contributed by atoms with Crippen LogP contribution in [0.15, 0.2) is 22.8 Å². The fourth-order valence-electron chi connectivity index (χ4n) is 1.54. The average Bonchev–Trinajstić information content (AvgIpc) is 2.19. The number of hydrogen-bond donors (Lipinski definition) is 1. The molecule has 0 bridgehead atoms. The Morgan fingerprint density at radius 2 is 2.06 bits per heavy atom. The fraction of sp³-hybridized carbons (Fsp3) is 0.615. The molecule has 90 valence electrons. The van der Waals surface area contributed by atoms with Gasteiger partial charge in [0.05, 0.1) is 0 Å². The van der Waals surface area contributed by atoms with Crippen LogP contribution in [0, 0.1) is 5.41 Å². The molecule has 0 aliphatic rings. The standard InChI is InChI=1S/C13H21BrN2/c1-10(2)16-9-13(3,4)7-12-6-5-11(14)8-15-12/h5-6,8,10,16H,7,9H2,1-4H3. The summed E-state index contributed by atoms with van der Waals surface area (Å²) in [4.78, 5) is 4.42. The molecule has 0 spiro atoms. The van der Waals surface area contributed by atoms with Gasteiger partial charge in [-0.05, 0) is 39.9 Å². The normalized spacial score (nSPS) is 12.1. The summed E-state index contributed by atoms with van der Waals surface area (Å²) in [5.74, 6) is 0. The van der Waals surface area contributed by atoms with Gasteiger partial charge in [0.25, 0.3) is 0 Å². The molecule has 1 heterocycles. The summed E-state index contributed by atoms with van der Waals surface area (Å²) in [6, 6.07) is 4.67. The van der Waals surface area contributed by atoms with Crippen LogP contribution >= 0.6 is 15.9 Å². The zero-order chi connectivity index (χ0) is 12.2. The summed E-state index contributed by atoms with van der Waals surface area (Å²) >= 11 is 3.40. The summed E-state index contributed by atoms with van der Waals surface area (Å²) in [6.07, 6.45) is 2.86. The summed E-state index contributed by atoms with van der Waals surface area (Å²) < 4.78 is 1.04. The van der Waals surface area contributed by atoms with Gasteiger partial charge in [0, 0.05) is 29.0 Å². The van der Waals surface area contributed by atoms with Gasteiger partial charge in [0.1, 0.15) is 0 Å². The molecule has 0 saturated heterocycles. The van der Waals surface area contributed by atoms with Crippen molar-refractivity contribution in [2.75, 3.05) is 6.54 Å². The van der Waals surface area contributed by atoms with Crippen LogP contribution in [-0.4, -0.2) is 17.6 Å². The number of aromatic nitrogens is 1. The van der Waals surface area contributed by atoms with Gasteiger partial charge in [-0.15, -0.1) is 0 Å². The van der Waals surface area contributed by atoms with Crippen LogP contribution < -0.4 is 5.32 Å². The van der Waals surface area contributed by atoms with Gasteiger partial charge in [0.2, 0.25) is 0 Å². The van der Waals surface area contributed by atoms with E-state index in [1.165, 1.54) is 0 Å². The second-order valence-electron chi connectivity index (χ2n) is 5.34. The Labute approximate surface area is 107 Å². The van der Waals surface area contributed by atoms with E-state index in [0.717, 1.165) is 23.1 Å². The van der Waals surface area contributed by atoms with E-state index in [2.05, 4.69) is 60.0 Å². The molecule has 3 heteroatoms. The van der Waals surface area contributed by atoms with Gasteiger partial charge in [0.15, 0.2) is 0 Å². The van der Waals surface area contributed by atoms with Crippen molar-refractivity contribution in [2.24, 2.45) is 5.41 Å². The van der Waals surface area contributed by atoms with Gasteiger partial charge >= 0.3 is 0 Å². The van der Waals surface area contributed by atoms with E-state index >= 15 is 0 Å². The molecule has 0 radical (unpaired) electrons. The predicted octanol–water partition coefficient (Wildman–Crippen LogP) is 3.41. The molecule has 16 heavy (non-hydrogen) atoms. The molecule has 0 saturated carbocycles. The molecule has 0 aliphatic heterocycles. The first-order valence-corrected chi connectivity index (χ1v) is 6.52. The first kappa shape index (κ1) is 13.7. The maximum absolute atomic E-state index is 4.42. The van der Waals surface area contributed by atoms with E-state index in [9.17, 15) is 0 Å². The van der Waals surface area contributed by atoms with Crippen molar-refractivity contribution in [2.45, 2.75) is 40.2 Å². The minimum Gasteiger partial charge on any atom is -0.314 e. The minimum atomic E-state index is 0.241. The second-order valence-corrected chi connectivity index (χ2v) is 6.26. The summed E-state index contributed by atoms with van der Waals surface area (Å²) in [7, 11) is 0. The van der Waals surface area contributed by atoms with Crippen LogP contribution in [0.5, 0.6) is 0 Å². The Morgan fingerprint density at radius 3 is 2.56 bits per heavy atom. The van der Waals surface area contributed by atoms with Gasteiger partial charge < -0.3 is 5.32 Å². The largest absolute Gasteiger partial charge is 0.314 e. The Kier molecular flexibility index (Phi) is 4.93. The molecule has 1 rings (SSSR count). The Morgan fingerprint density at radius 1 is 1.38 bits per heavy atom. The molecule has 0 unspecified atom stereocenters. The molecule has 0 amide bonds. The molecular formula is C13H21BrN2. The molecule has 2 nitrogen and oxygen atoms in total. The Bertz CT molecular complexity index is 317. The quantitative estimate of drug-likeness (QED) is 0.896. The minimum absolute atomic E-state index is 0.241. The number of rotatable bonds is 5. The van der Waals surface area contributed by atoms with Gasteiger partial charge in [-0.2, -0.15) is 0 Å². The molecule has 1 aromatic heterocycles. The SMILES string of the molecule is CC(C)NCC(C)(C)Cc1ccc(Br)cn1. The van der Waals surface area contributed by atoms with Gasteiger partial charge in [-0.3, -0.25) is 4.98 Å². The lowest BCUT2D eigenvalue weighted by Gasteiger charge is -2.26. The Balaban J connectivity index is 2.54. The Hall–Kier alpha value is -0.410. The molecule has 0 atom stereocenters. The lowest BCUT2D eigenvalue weighted by Crippen LogP contribution is -2.35. The van der Waals surface area contributed by atoms with E-state index in [1.54, 1.807) is 0 Å². The average molecular weight is 285 g/mol. The van der Waals surface area contributed by atoms with Crippen molar-refractivity contribution >= 4 is 15.9 Å². The smallest absolute Gasteiger partial charge is 0.0413 e. The van der Waals surface area contributed by atoms with E-state index in [-0.39, 0.29) is 5.41 Å². The number of nitrogens with zero attached hydrogens (tertiary/aromatic N) is 1. The highest BCUT2D eigenvalue weighted by molar-refractivity contribution is 9.10. The molecule has 0 fully saturated rings. The second kappa shape index (κ2) is 5.78. The highest BCUT2D eigenvalue weighted by Gasteiger charge is 2.19. The van der Waals surface area contributed by atoms with E-state index in [0.29, 0.717) is 6.04 Å². The predicted molar refractivity (Wildman–Crippen MR) is 72.6 cm³/mol. The number of pyridine rings is 1. The molecule has 1 aromatic rings. The third-order valence-corrected chi connectivity index (χ3v) is 2.91. The third kappa shape index (κ3) is 5.08. The van der Waals surface area contributed by atoms with Crippen LogP contribution in [0.25, 0.3) is 0 Å². The maximum atomic E-state index is 4.42. The number of hydrogen-bond acceptors (Lipinski definition) is 2. The van der Waals surface area contributed by atoms with E-state index < -0.39 is 0 Å². The summed E-state index contributed by atoms with van der Waals surface area (Å²) in [5, 5.41) is 3.48. The van der Waals surface area contributed by atoms with Gasteiger partial charge in [-0.25, -0.2) is 0 Å². The lowest BCUT2D eigenvalue weighted by atomic mass is 9.87. The van der Waals surface area contributed by atoms with Crippen LogP contribution in [-0.2, 0) is 6.42 Å². The third-order valence-electron chi connectivity index (χ3n) is 2.44. The first-order chi connectivity index (χ1) is 7.39. The highest BCUT2D eigenvalue weighted by Crippen LogP contribution is 2.20. The maximum Gasteiger partial charge on any atom is 0.0413 e. The monoisotopic (exact) mass is 284 g/mol. The van der Waals surface area contributed by atoms with Crippen molar-refractivity contribution in [3.05, 3.63) is 28.5 Å². The van der Waals surface area contributed by atoms with E-state index in [1.807, 2.05) is 12.3 Å². The van der Waals surface area contributed by atoms with Crippen molar-refractivity contribution in [1.29, 1.82) is 0 Å². The zero-order valence-corrected chi connectivity index (χ0v) is 12.1. The van der Waals surface area contributed by atoms with Crippen molar-refractivity contribution in [1.82, 2.24) is 10.3 Å². The highest BCUT2D eigenvalue weighted by atomic mass is 79.9. The fourth-order valence-corrected chi connectivity index (χ4v) is 1.78. The molecule has 1 N–H and O–H groups in total.